The molecule has 4 nitrogen and oxygen atoms in total. The van der Waals surface area contributed by atoms with E-state index in [0.29, 0.717) is 0 Å². The first-order chi connectivity index (χ1) is 9.99. The highest BCUT2D eigenvalue weighted by atomic mass is 32.2. The van der Waals surface area contributed by atoms with E-state index < -0.39 is 11.6 Å². The van der Waals surface area contributed by atoms with Crippen LogP contribution in [0, 0.1) is 0 Å². The summed E-state index contributed by atoms with van der Waals surface area (Å²) in [5.74, 6) is -1.23. The summed E-state index contributed by atoms with van der Waals surface area (Å²) in [4.78, 5) is 15.2. The van der Waals surface area contributed by atoms with Gasteiger partial charge in [0.05, 0.1) is 17.9 Å². The number of hydrogen-bond acceptors (Lipinski definition) is 4. The van der Waals surface area contributed by atoms with Crippen LogP contribution in [0.4, 0.5) is 11.4 Å². The van der Waals surface area contributed by atoms with E-state index in [1.807, 2.05) is 53.4 Å². The molecule has 0 aromatic heterocycles. The summed E-state index contributed by atoms with van der Waals surface area (Å²) >= 11 is 1.65. The van der Waals surface area contributed by atoms with Gasteiger partial charge >= 0.3 is 5.97 Å². The maximum Gasteiger partial charge on any atom is 0.337 e. The largest absolute Gasteiger partial charge is 0.479 e. The summed E-state index contributed by atoms with van der Waals surface area (Å²) in [6.45, 7) is 1.32. The highest BCUT2D eigenvalue weighted by molar-refractivity contribution is 7.99. The molecule has 0 saturated heterocycles. The van der Waals surface area contributed by atoms with Crippen molar-refractivity contribution in [3.05, 3.63) is 48.5 Å². The topological polar surface area (TPSA) is 60.8 Å². The van der Waals surface area contributed by atoms with Crippen LogP contribution in [0.5, 0.6) is 0 Å². The van der Waals surface area contributed by atoms with Crippen LogP contribution in [0.2, 0.25) is 0 Å². The SMILES string of the molecule is CC(O)(CN1c2ccccc2Sc2ccccc21)C(=O)O. The van der Waals surface area contributed by atoms with Crippen LogP contribution in [-0.2, 0) is 4.79 Å². The summed E-state index contributed by atoms with van der Waals surface area (Å²) in [7, 11) is 0. The van der Waals surface area contributed by atoms with Crippen molar-refractivity contribution < 1.29 is 15.0 Å². The van der Waals surface area contributed by atoms with Crippen LogP contribution in [-0.4, -0.2) is 28.3 Å². The zero-order chi connectivity index (χ0) is 15.0. The van der Waals surface area contributed by atoms with E-state index in [0.717, 1.165) is 21.2 Å². The smallest absolute Gasteiger partial charge is 0.337 e. The number of β-amino-alcohol motifs (C(OH)–C–C–N with tert-alkyl or cyclic N) is 1. The second kappa shape index (κ2) is 5.09. The quantitative estimate of drug-likeness (QED) is 0.912. The number of anilines is 2. The first-order valence-corrected chi connectivity index (χ1v) is 7.40. The zero-order valence-corrected chi connectivity index (χ0v) is 12.3. The Labute approximate surface area is 127 Å². The van der Waals surface area contributed by atoms with Crippen LogP contribution in [0.25, 0.3) is 0 Å². The molecule has 0 saturated carbocycles. The monoisotopic (exact) mass is 301 g/mol. The molecule has 1 heterocycles. The van der Waals surface area contributed by atoms with E-state index in [1.54, 1.807) is 11.8 Å². The van der Waals surface area contributed by atoms with E-state index in [1.165, 1.54) is 6.92 Å². The molecule has 108 valence electrons. The lowest BCUT2D eigenvalue weighted by Crippen LogP contribution is -2.45. The molecule has 3 rings (SSSR count). The molecular formula is C16H15NO3S. The second-order valence-corrected chi connectivity index (χ2v) is 6.29. The highest BCUT2D eigenvalue weighted by Crippen LogP contribution is 2.48. The van der Waals surface area contributed by atoms with Gasteiger partial charge in [-0.3, -0.25) is 0 Å². The minimum absolute atomic E-state index is 0.00306. The number of carbonyl (C=O) groups is 1. The Kier molecular flexibility index (Phi) is 3.39. The predicted molar refractivity (Wildman–Crippen MR) is 82.3 cm³/mol. The number of carboxylic acids is 1. The lowest BCUT2D eigenvalue weighted by atomic mass is 10.1. The van der Waals surface area contributed by atoms with Crippen LogP contribution < -0.4 is 4.90 Å². The maximum atomic E-state index is 11.2. The van der Waals surface area contributed by atoms with E-state index in [-0.39, 0.29) is 6.54 Å². The van der Waals surface area contributed by atoms with Crippen molar-refractivity contribution in [2.24, 2.45) is 0 Å². The third-order valence-corrected chi connectivity index (χ3v) is 4.59. The Balaban J connectivity index is 2.09. The third-order valence-electron chi connectivity index (χ3n) is 3.46. The molecule has 1 aliphatic heterocycles. The molecule has 1 atom stereocenters. The molecule has 0 spiro atoms. The molecule has 2 aromatic rings. The molecule has 5 heteroatoms. The minimum Gasteiger partial charge on any atom is -0.479 e. The Morgan fingerprint density at radius 2 is 1.57 bits per heavy atom. The van der Waals surface area contributed by atoms with Gasteiger partial charge in [0.25, 0.3) is 0 Å². The van der Waals surface area contributed by atoms with Gasteiger partial charge in [0.2, 0.25) is 0 Å². The van der Waals surface area contributed by atoms with Crippen molar-refractivity contribution in [2.45, 2.75) is 22.3 Å². The van der Waals surface area contributed by atoms with Gasteiger partial charge in [0, 0.05) is 9.79 Å². The van der Waals surface area contributed by atoms with Gasteiger partial charge in [-0.2, -0.15) is 0 Å². The molecule has 21 heavy (non-hydrogen) atoms. The van der Waals surface area contributed by atoms with Crippen molar-refractivity contribution in [1.82, 2.24) is 0 Å². The summed E-state index contributed by atoms with van der Waals surface area (Å²) in [6.07, 6.45) is 0. The molecule has 0 radical (unpaired) electrons. The Hall–Kier alpha value is -1.98. The lowest BCUT2D eigenvalue weighted by molar-refractivity contribution is -0.155. The number of fused-ring (bicyclic) bond motifs is 2. The number of carboxylic acid groups (broad SMARTS) is 1. The van der Waals surface area contributed by atoms with Gasteiger partial charge in [0.15, 0.2) is 5.60 Å². The van der Waals surface area contributed by atoms with E-state index in [2.05, 4.69) is 0 Å². The van der Waals surface area contributed by atoms with Gasteiger partial charge < -0.3 is 15.1 Å². The molecule has 2 aromatic carbocycles. The molecule has 1 unspecified atom stereocenters. The summed E-state index contributed by atoms with van der Waals surface area (Å²) in [5, 5.41) is 19.3. The van der Waals surface area contributed by atoms with Crippen molar-refractivity contribution in [3.8, 4) is 0 Å². The fourth-order valence-corrected chi connectivity index (χ4v) is 3.42. The number of hydrogen-bond donors (Lipinski definition) is 2. The molecule has 0 bridgehead atoms. The second-order valence-electron chi connectivity index (χ2n) is 5.20. The van der Waals surface area contributed by atoms with E-state index >= 15 is 0 Å². The Morgan fingerprint density at radius 1 is 1.10 bits per heavy atom. The van der Waals surface area contributed by atoms with Crippen LogP contribution in [0.1, 0.15) is 6.92 Å². The number of aliphatic hydroxyl groups is 1. The van der Waals surface area contributed by atoms with Crippen LogP contribution in [0.3, 0.4) is 0 Å². The van der Waals surface area contributed by atoms with Crippen molar-refractivity contribution in [3.63, 3.8) is 0 Å². The summed E-state index contributed by atoms with van der Waals surface area (Å²) in [5.41, 5.74) is 0.0211. The van der Waals surface area contributed by atoms with Gasteiger partial charge in [-0.25, -0.2) is 4.79 Å². The number of para-hydroxylation sites is 2. The number of nitrogens with zero attached hydrogens (tertiary/aromatic N) is 1. The minimum atomic E-state index is -1.82. The summed E-state index contributed by atoms with van der Waals surface area (Å²) < 4.78 is 0. The van der Waals surface area contributed by atoms with Crippen LogP contribution in [0.15, 0.2) is 58.3 Å². The van der Waals surface area contributed by atoms with Crippen molar-refractivity contribution >= 4 is 29.1 Å². The molecule has 0 aliphatic carbocycles. The lowest BCUT2D eigenvalue weighted by Gasteiger charge is -2.36. The van der Waals surface area contributed by atoms with Gasteiger partial charge in [-0.05, 0) is 31.2 Å². The van der Waals surface area contributed by atoms with E-state index in [4.69, 9.17) is 0 Å². The average Bonchev–Trinajstić information content (AvgIpc) is 2.46. The molecule has 0 fully saturated rings. The van der Waals surface area contributed by atoms with Gasteiger partial charge in [-0.1, -0.05) is 36.0 Å². The number of rotatable bonds is 3. The van der Waals surface area contributed by atoms with E-state index in [9.17, 15) is 15.0 Å². The maximum absolute atomic E-state index is 11.2. The highest BCUT2D eigenvalue weighted by Gasteiger charge is 2.35. The van der Waals surface area contributed by atoms with Crippen LogP contribution >= 0.6 is 11.8 Å². The number of benzene rings is 2. The molecule has 2 N–H and O–H groups in total. The fraction of sp³-hybridized carbons (Fsp3) is 0.188. The Bertz CT molecular complexity index is 654. The predicted octanol–water partition coefficient (Wildman–Crippen LogP) is 3.12. The van der Waals surface area contributed by atoms with Gasteiger partial charge in [-0.15, -0.1) is 0 Å². The average molecular weight is 301 g/mol. The van der Waals surface area contributed by atoms with Crippen molar-refractivity contribution in [1.29, 1.82) is 0 Å². The van der Waals surface area contributed by atoms with Crippen molar-refractivity contribution in [2.75, 3.05) is 11.4 Å². The Morgan fingerprint density at radius 3 is 2.05 bits per heavy atom. The standard InChI is InChI=1S/C16H15NO3S/c1-16(20,15(18)19)10-17-11-6-2-4-8-13(11)21-14-9-5-3-7-12(14)17/h2-9,20H,10H2,1H3,(H,18,19). The molecule has 0 amide bonds. The molecular weight excluding hydrogens is 286 g/mol. The first-order valence-electron chi connectivity index (χ1n) is 6.58. The first kappa shape index (κ1) is 14.0. The normalized spacial score (nSPS) is 15.8. The summed E-state index contributed by atoms with van der Waals surface area (Å²) in [6, 6.07) is 15.6. The zero-order valence-electron chi connectivity index (χ0n) is 11.5. The number of aliphatic carboxylic acids is 1. The molecule has 1 aliphatic rings. The third kappa shape index (κ3) is 2.50. The fourth-order valence-electron chi connectivity index (χ4n) is 2.33. The van der Waals surface area contributed by atoms with Gasteiger partial charge in [0.1, 0.15) is 0 Å².